The van der Waals surface area contributed by atoms with Crippen molar-refractivity contribution in [3.63, 3.8) is 0 Å². The van der Waals surface area contributed by atoms with E-state index in [1.807, 2.05) is 13.0 Å². The fourth-order valence-corrected chi connectivity index (χ4v) is 1.86. The van der Waals surface area contributed by atoms with Crippen LogP contribution in [0, 0.1) is 5.82 Å². The van der Waals surface area contributed by atoms with E-state index in [9.17, 15) is 9.50 Å². The van der Waals surface area contributed by atoms with Crippen LogP contribution in [0.1, 0.15) is 24.2 Å². The number of hydrogen-bond donors (Lipinski definition) is 1. The highest BCUT2D eigenvalue weighted by molar-refractivity contribution is 5.40. The molecule has 1 unspecified atom stereocenters. The molecule has 0 aromatic heterocycles. The average molecular weight is 246 g/mol. The molecule has 0 aliphatic carbocycles. The molecular weight excluding hydrogens is 231 g/mol. The Morgan fingerprint density at radius 3 is 2.33 bits per heavy atom. The van der Waals surface area contributed by atoms with Gasteiger partial charge < -0.3 is 9.84 Å². The van der Waals surface area contributed by atoms with Crippen molar-refractivity contribution in [3.8, 4) is 5.75 Å². The normalized spacial score (nSPS) is 12.2. The molecule has 0 fully saturated rings. The van der Waals surface area contributed by atoms with Gasteiger partial charge in [-0.3, -0.25) is 0 Å². The lowest BCUT2D eigenvalue weighted by atomic mass is 10.0. The Labute approximate surface area is 106 Å². The smallest absolute Gasteiger partial charge is 0.129 e. The third kappa shape index (κ3) is 2.51. The molecule has 0 spiro atoms. The van der Waals surface area contributed by atoms with Crippen molar-refractivity contribution in [2.75, 3.05) is 6.61 Å². The summed E-state index contributed by atoms with van der Waals surface area (Å²) in [5.74, 6) is 0.159. The molecule has 1 atom stereocenters. The fraction of sp³-hybridized carbons (Fsp3) is 0.200. The van der Waals surface area contributed by atoms with Crippen molar-refractivity contribution >= 4 is 0 Å². The minimum atomic E-state index is -1.02. The van der Waals surface area contributed by atoms with E-state index < -0.39 is 11.9 Å². The highest BCUT2D eigenvalue weighted by Gasteiger charge is 2.17. The Bertz CT molecular complexity index is 525. The zero-order chi connectivity index (χ0) is 13.0. The number of hydrogen-bond acceptors (Lipinski definition) is 2. The van der Waals surface area contributed by atoms with Crippen LogP contribution in [0.5, 0.6) is 5.75 Å². The summed E-state index contributed by atoms with van der Waals surface area (Å²) in [6.45, 7) is 2.37. The van der Waals surface area contributed by atoms with Crippen molar-refractivity contribution in [1.82, 2.24) is 0 Å². The van der Waals surface area contributed by atoms with Crippen molar-refractivity contribution in [2.24, 2.45) is 0 Å². The maximum Gasteiger partial charge on any atom is 0.129 e. The number of ether oxygens (including phenoxy) is 1. The third-order valence-corrected chi connectivity index (χ3v) is 2.71. The van der Waals surface area contributed by atoms with E-state index in [0.717, 1.165) is 0 Å². The molecule has 94 valence electrons. The van der Waals surface area contributed by atoms with E-state index in [-0.39, 0.29) is 5.56 Å². The standard InChI is InChI=1S/C15H15FO2/c1-2-18-14-10-6-4-8-12(14)15(17)11-7-3-5-9-13(11)16/h3-10,15,17H,2H2,1H3. The van der Waals surface area contributed by atoms with Crippen molar-refractivity contribution < 1.29 is 14.2 Å². The van der Waals surface area contributed by atoms with Gasteiger partial charge in [0.2, 0.25) is 0 Å². The second-order valence-corrected chi connectivity index (χ2v) is 3.89. The van der Waals surface area contributed by atoms with Crippen LogP contribution in [-0.2, 0) is 0 Å². The Balaban J connectivity index is 2.40. The molecule has 0 aliphatic heterocycles. The van der Waals surface area contributed by atoms with Crippen LogP contribution in [0.4, 0.5) is 4.39 Å². The van der Waals surface area contributed by atoms with Gasteiger partial charge in [0, 0.05) is 11.1 Å². The van der Waals surface area contributed by atoms with Crippen LogP contribution in [0.3, 0.4) is 0 Å². The number of halogens is 1. The first-order chi connectivity index (χ1) is 8.74. The first-order valence-corrected chi connectivity index (χ1v) is 5.88. The van der Waals surface area contributed by atoms with E-state index in [1.54, 1.807) is 36.4 Å². The maximum absolute atomic E-state index is 13.6. The molecule has 1 N–H and O–H groups in total. The minimum absolute atomic E-state index is 0.254. The van der Waals surface area contributed by atoms with E-state index in [1.165, 1.54) is 6.07 Å². The summed E-state index contributed by atoms with van der Waals surface area (Å²) < 4.78 is 19.1. The number of aliphatic hydroxyl groups is 1. The molecular formula is C15H15FO2. The predicted molar refractivity (Wildman–Crippen MR) is 68.1 cm³/mol. The van der Waals surface area contributed by atoms with E-state index in [2.05, 4.69) is 0 Å². The Kier molecular flexibility index (Phi) is 3.95. The van der Waals surface area contributed by atoms with Crippen LogP contribution in [0.2, 0.25) is 0 Å². The first kappa shape index (κ1) is 12.6. The molecule has 18 heavy (non-hydrogen) atoms. The SMILES string of the molecule is CCOc1ccccc1C(O)c1ccccc1F. The van der Waals surface area contributed by atoms with Crippen molar-refractivity contribution in [3.05, 3.63) is 65.5 Å². The second-order valence-electron chi connectivity index (χ2n) is 3.89. The summed E-state index contributed by atoms with van der Waals surface area (Å²) in [5, 5.41) is 10.3. The maximum atomic E-state index is 13.6. The van der Waals surface area contributed by atoms with E-state index >= 15 is 0 Å². The van der Waals surface area contributed by atoms with Crippen LogP contribution in [0.25, 0.3) is 0 Å². The molecule has 2 nitrogen and oxygen atoms in total. The molecule has 2 aromatic rings. The van der Waals surface area contributed by atoms with Gasteiger partial charge in [0.25, 0.3) is 0 Å². The lowest BCUT2D eigenvalue weighted by Gasteiger charge is -2.16. The zero-order valence-corrected chi connectivity index (χ0v) is 10.1. The second kappa shape index (κ2) is 5.65. The van der Waals surface area contributed by atoms with Gasteiger partial charge >= 0.3 is 0 Å². The van der Waals surface area contributed by atoms with Gasteiger partial charge in [0.05, 0.1) is 6.61 Å². The molecule has 0 saturated carbocycles. The average Bonchev–Trinajstić information content (AvgIpc) is 2.40. The Hall–Kier alpha value is -1.87. The minimum Gasteiger partial charge on any atom is -0.493 e. The number of rotatable bonds is 4. The van der Waals surface area contributed by atoms with Gasteiger partial charge in [-0.2, -0.15) is 0 Å². The van der Waals surface area contributed by atoms with Gasteiger partial charge in [-0.25, -0.2) is 4.39 Å². The van der Waals surface area contributed by atoms with Crippen LogP contribution < -0.4 is 4.74 Å². The molecule has 0 bridgehead atoms. The quantitative estimate of drug-likeness (QED) is 0.896. The van der Waals surface area contributed by atoms with Crippen LogP contribution >= 0.6 is 0 Å². The summed E-state index contributed by atoms with van der Waals surface area (Å²) in [6, 6.07) is 13.3. The molecule has 0 radical (unpaired) electrons. The first-order valence-electron chi connectivity index (χ1n) is 5.88. The van der Waals surface area contributed by atoms with Gasteiger partial charge in [-0.05, 0) is 19.1 Å². The van der Waals surface area contributed by atoms with Crippen LogP contribution in [-0.4, -0.2) is 11.7 Å². The number of para-hydroxylation sites is 1. The molecule has 0 saturated heterocycles. The highest BCUT2D eigenvalue weighted by Crippen LogP contribution is 2.30. The van der Waals surface area contributed by atoms with Crippen LogP contribution in [0.15, 0.2) is 48.5 Å². The topological polar surface area (TPSA) is 29.5 Å². The fourth-order valence-electron chi connectivity index (χ4n) is 1.86. The van der Waals surface area contributed by atoms with E-state index in [4.69, 9.17) is 4.74 Å². The van der Waals surface area contributed by atoms with Gasteiger partial charge in [-0.1, -0.05) is 36.4 Å². The lowest BCUT2D eigenvalue weighted by Crippen LogP contribution is -2.05. The number of benzene rings is 2. The van der Waals surface area contributed by atoms with E-state index in [0.29, 0.717) is 17.9 Å². The molecule has 2 rings (SSSR count). The molecule has 0 heterocycles. The summed E-state index contributed by atoms with van der Waals surface area (Å²) in [6.07, 6.45) is -1.02. The molecule has 0 amide bonds. The van der Waals surface area contributed by atoms with Crippen molar-refractivity contribution in [2.45, 2.75) is 13.0 Å². The Morgan fingerprint density at radius 1 is 1.06 bits per heavy atom. The summed E-state index contributed by atoms with van der Waals surface area (Å²) in [7, 11) is 0. The lowest BCUT2D eigenvalue weighted by molar-refractivity contribution is 0.207. The highest BCUT2D eigenvalue weighted by atomic mass is 19.1. The summed E-state index contributed by atoms with van der Waals surface area (Å²) in [4.78, 5) is 0. The van der Waals surface area contributed by atoms with Gasteiger partial charge in [-0.15, -0.1) is 0 Å². The molecule has 0 aliphatic rings. The van der Waals surface area contributed by atoms with Gasteiger partial charge in [0.1, 0.15) is 17.7 Å². The largest absolute Gasteiger partial charge is 0.493 e. The third-order valence-electron chi connectivity index (χ3n) is 2.71. The zero-order valence-electron chi connectivity index (χ0n) is 10.1. The van der Waals surface area contributed by atoms with Gasteiger partial charge in [0.15, 0.2) is 0 Å². The monoisotopic (exact) mass is 246 g/mol. The molecule has 2 aromatic carbocycles. The Morgan fingerprint density at radius 2 is 1.67 bits per heavy atom. The summed E-state index contributed by atoms with van der Waals surface area (Å²) in [5.41, 5.74) is 0.828. The molecule has 3 heteroatoms. The van der Waals surface area contributed by atoms with Crippen molar-refractivity contribution in [1.29, 1.82) is 0 Å². The predicted octanol–water partition coefficient (Wildman–Crippen LogP) is 3.31. The summed E-state index contributed by atoms with van der Waals surface area (Å²) >= 11 is 0. The number of aliphatic hydroxyl groups excluding tert-OH is 1.